The number of piperidine rings is 1. The van der Waals surface area contributed by atoms with Crippen molar-refractivity contribution in [3.8, 4) is 16.2 Å². The highest BCUT2D eigenvalue weighted by atomic mass is 35.5. The number of thiazole rings is 1. The van der Waals surface area contributed by atoms with Crippen molar-refractivity contribution >= 4 is 74.7 Å². The van der Waals surface area contributed by atoms with Gasteiger partial charge in [0.1, 0.15) is 48.1 Å². The molecular formula is C59H74ClFN12O6S. The lowest BCUT2D eigenvalue weighted by Crippen LogP contribution is -2.57. The molecule has 2 aliphatic heterocycles. The van der Waals surface area contributed by atoms with Crippen molar-refractivity contribution in [1.82, 2.24) is 50.4 Å². The summed E-state index contributed by atoms with van der Waals surface area (Å²) < 4.78 is 22.0. The van der Waals surface area contributed by atoms with E-state index in [0.717, 1.165) is 92.6 Å². The van der Waals surface area contributed by atoms with Crippen molar-refractivity contribution in [1.29, 1.82) is 0 Å². The number of aryl methyl sites for hydroxylation is 2. The first-order valence-electron chi connectivity index (χ1n) is 27.9. The van der Waals surface area contributed by atoms with Crippen molar-refractivity contribution in [2.24, 2.45) is 5.41 Å². The van der Waals surface area contributed by atoms with Crippen molar-refractivity contribution < 1.29 is 33.4 Å². The van der Waals surface area contributed by atoms with Gasteiger partial charge in [-0.25, -0.2) is 19.3 Å². The van der Waals surface area contributed by atoms with Gasteiger partial charge in [0.15, 0.2) is 0 Å². The first-order chi connectivity index (χ1) is 38.6. The minimum absolute atomic E-state index is 0.0213. The highest BCUT2D eigenvalue weighted by Gasteiger charge is 2.44. The second-order valence-electron chi connectivity index (χ2n) is 21.9. The Morgan fingerprint density at radius 2 is 1.69 bits per heavy atom. The molecule has 6 aromatic rings. The first-order valence-corrected chi connectivity index (χ1v) is 29.1. The van der Waals surface area contributed by atoms with E-state index in [0.29, 0.717) is 65.5 Å². The highest BCUT2D eigenvalue weighted by molar-refractivity contribution is 7.13. The molecule has 2 fully saturated rings. The largest absolute Gasteiger partial charge is 0.485 e. The Kier molecular flexibility index (Phi) is 21.1. The summed E-state index contributed by atoms with van der Waals surface area (Å²) in [6.07, 6.45) is 17.5. The van der Waals surface area contributed by atoms with Gasteiger partial charge in [0, 0.05) is 62.2 Å². The van der Waals surface area contributed by atoms with Crippen LogP contribution in [-0.4, -0.2) is 113 Å². The minimum atomic E-state index is -0.867. The number of anilines is 3. The highest BCUT2D eigenvalue weighted by Crippen LogP contribution is 2.35. The third-order valence-corrected chi connectivity index (χ3v) is 15.7. The average Bonchev–Trinajstić information content (AvgIpc) is 4.23. The van der Waals surface area contributed by atoms with Gasteiger partial charge in [0.05, 0.1) is 44.6 Å². The summed E-state index contributed by atoms with van der Waals surface area (Å²) in [6.45, 7) is 11.5. The van der Waals surface area contributed by atoms with Gasteiger partial charge >= 0.3 is 0 Å². The molecule has 80 heavy (non-hydrogen) atoms. The number of nitrogens with zero attached hydrogens (tertiary/aromatic N) is 8. The Balaban J connectivity index is 0.740. The van der Waals surface area contributed by atoms with Crippen LogP contribution < -0.4 is 26.0 Å². The second kappa shape index (κ2) is 28.5. The summed E-state index contributed by atoms with van der Waals surface area (Å²) in [6, 6.07) is 14.0. The number of β-amino-alcohol motifs (C(OH)–C–C–N with tert-alkyl or cyclic N) is 1. The van der Waals surface area contributed by atoms with E-state index >= 15 is 0 Å². The number of aliphatic hydroxyl groups is 1. The van der Waals surface area contributed by atoms with Gasteiger partial charge in [-0.3, -0.25) is 28.8 Å². The maximum atomic E-state index is 14.1. The van der Waals surface area contributed by atoms with Crippen molar-refractivity contribution in [3.63, 3.8) is 0 Å². The summed E-state index contributed by atoms with van der Waals surface area (Å²) in [4.78, 5) is 72.2. The Bertz CT molecular complexity index is 3090. The lowest BCUT2D eigenvalue weighted by atomic mass is 9.85. The zero-order chi connectivity index (χ0) is 56.6. The monoisotopic (exact) mass is 1130 g/mol. The van der Waals surface area contributed by atoms with Crippen LogP contribution >= 0.6 is 22.9 Å². The second-order valence-corrected chi connectivity index (χ2v) is 23.1. The predicted molar refractivity (Wildman–Crippen MR) is 310 cm³/mol. The number of likely N-dealkylation sites (tertiary alicyclic amines) is 2. The van der Waals surface area contributed by atoms with Crippen molar-refractivity contribution in [2.75, 3.05) is 36.8 Å². The van der Waals surface area contributed by atoms with E-state index in [2.05, 4.69) is 51.4 Å². The molecule has 18 nitrogen and oxygen atoms in total. The number of aromatic nitrogens is 6. The number of hydrogen-bond acceptors (Lipinski definition) is 14. The van der Waals surface area contributed by atoms with E-state index in [4.69, 9.17) is 16.3 Å². The number of nitrogens with one attached hydrogen (secondary N) is 4. The molecule has 4 amide bonds. The van der Waals surface area contributed by atoms with Crippen LogP contribution in [0, 0.1) is 18.2 Å². The van der Waals surface area contributed by atoms with E-state index in [1.165, 1.54) is 35.9 Å². The maximum absolute atomic E-state index is 14.1. The van der Waals surface area contributed by atoms with Crippen LogP contribution in [0.2, 0.25) is 5.02 Å². The van der Waals surface area contributed by atoms with Gasteiger partial charge in [-0.1, -0.05) is 113 Å². The summed E-state index contributed by atoms with van der Waals surface area (Å²) in [5, 5.41) is 32.0. The summed E-state index contributed by atoms with van der Waals surface area (Å²) >= 11 is 7.63. The molecule has 21 heteroatoms. The van der Waals surface area contributed by atoms with Crippen LogP contribution in [0.15, 0.2) is 84.8 Å². The molecule has 0 saturated carbocycles. The molecule has 5 N–H and O–H groups in total. The number of benzene rings is 3. The molecule has 0 bridgehead atoms. The smallest absolute Gasteiger partial charge is 0.248 e. The Labute approximate surface area is 476 Å². The van der Waals surface area contributed by atoms with Crippen LogP contribution in [-0.2, 0) is 38.9 Å². The quantitative estimate of drug-likeness (QED) is 0.0252. The number of fused-ring (bicyclic) bond motifs is 1. The number of halogens is 2. The number of rotatable bonds is 26. The standard InChI is InChI=1S/C59H74ClFN12O6S/c1-39-54(80-38-65-39)41-21-19-40(20-22-41)33-62-57(77)50-30-44(74)35-73(50)58(78)55(59(2,3)4)68-53(76)17-12-9-7-5-6-8-10-15-28-72-34-43(69-70-72)36-79-51-32-48-45(56(64-37-63-48)66-42-23-24-47(61)46(60)29-42)31-49(51)67-52(75)18-16-27-71-25-13-11-14-26-71/h16,18-24,29,31-32,34,37-38,44,50,55,74H,5-15,17,25-28,30,33,35-36H2,1-4H3,(H,62,77)(H,67,75)(H,68,76)(H,63,64,66)/b18-16+. The third kappa shape index (κ3) is 16.8. The van der Waals surface area contributed by atoms with Gasteiger partial charge < -0.3 is 36.0 Å². The zero-order valence-corrected chi connectivity index (χ0v) is 47.8. The Morgan fingerprint density at radius 3 is 2.41 bits per heavy atom. The van der Waals surface area contributed by atoms with E-state index in [9.17, 15) is 28.7 Å². The fraction of sp³-hybridized carbons (Fsp3) is 0.475. The molecule has 3 aromatic heterocycles. The average molecular weight is 1130 g/mol. The normalized spacial score (nSPS) is 16.3. The molecule has 3 atom stereocenters. The summed E-state index contributed by atoms with van der Waals surface area (Å²) in [5.74, 6) is -0.949. The Hall–Kier alpha value is -6.87. The molecule has 5 heterocycles. The van der Waals surface area contributed by atoms with Crippen LogP contribution in [0.4, 0.5) is 21.6 Å². The molecular weight excluding hydrogens is 1060 g/mol. The third-order valence-electron chi connectivity index (χ3n) is 14.5. The summed E-state index contributed by atoms with van der Waals surface area (Å²) in [7, 11) is 0. The molecule has 426 valence electrons. The van der Waals surface area contributed by atoms with E-state index in [1.807, 2.05) is 74.4 Å². The zero-order valence-electron chi connectivity index (χ0n) is 46.2. The van der Waals surface area contributed by atoms with E-state index < -0.39 is 29.4 Å². The summed E-state index contributed by atoms with van der Waals surface area (Å²) in [5.41, 5.74) is 6.23. The molecule has 2 aliphatic rings. The lowest BCUT2D eigenvalue weighted by Gasteiger charge is -2.35. The number of ether oxygens (including phenoxy) is 1. The number of unbranched alkanes of at least 4 members (excludes halogenated alkanes) is 7. The van der Waals surface area contributed by atoms with Crippen molar-refractivity contribution in [2.45, 2.75) is 149 Å². The van der Waals surface area contributed by atoms with Gasteiger partial charge in [-0.05, 0) is 86.5 Å². The fourth-order valence-corrected chi connectivity index (χ4v) is 11.0. The van der Waals surface area contributed by atoms with Crippen molar-refractivity contribution in [3.05, 3.63) is 113 Å². The molecule has 0 spiro atoms. The van der Waals surface area contributed by atoms with Crippen LogP contribution in [0.1, 0.15) is 121 Å². The number of aliphatic hydroxyl groups excluding tert-OH is 1. The molecule has 0 aliphatic carbocycles. The lowest BCUT2D eigenvalue weighted by molar-refractivity contribution is -0.144. The minimum Gasteiger partial charge on any atom is -0.485 e. The van der Waals surface area contributed by atoms with E-state index in [-0.39, 0.29) is 54.8 Å². The first kappa shape index (κ1) is 59.3. The van der Waals surface area contributed by atoms with E-state index in [1.54, 1.807) is 29.5 Å². The van der Waals surface area contributed by atoms with Crippen LogP contribution in [0.5, 0.6) is 5.75 Å². The molecule has 3 unspecified atom stereocenters. The van der Waals surface area contributed by atoms with Gasteiger partial charge in [0.2, 0.25) is 23.6 Å². The van der Waals surface area contributed by atoms with Gasteiger partial charge in [-0.2, -0.15) is 0 Å². The molecule has 3 aromatic carbocycles. The van der Waals surface area contributed by atoms with Crippen LogP contribution in [0.25, 0.3) is 21.3 Å². The van der Waals surface area contributed by atoms with Crippen LogP contribution in [0.3, 0.4) is 0 Å². The molecule has 2 saturated heterocycles. The number of hydrogen-bond donors (Lipinski definition) is 5. The maximum Gasteiger partial charge on any atom is 0.248 e. The van der Waals surface area contributed by atoms with Gasteiger partial charge in [0.25, 0.3) is 0 Å². The molecule has 8 rings (SSSR count). The van der Waals surface area contributed by atoms with Gasteiger partial charge in [-0.15, -0.1) is 16.4 Å². The predicted octanol–water partition coefficient (Wildman–Crippen LogP) is 10.1. The number of carbonyl (C=O) groups excluding carboxylic acids is 4. The Morgan fingerprint density at radius 1 is 0.938 bits per heavy atom. The fourth-order valence-electron chi connectivity index (χ4n) is 10.0. The SMILES string of the molecule is Cc1ncsc1-c1ccc(CNC(=O)C2CC(O)CN2C(=O)C(NC(=O)CCCCCCCCCCn2cc(COc3cc4ncnc(Nc5ccc(F)c(Cl)c5)c4cc3NC(=O)/C=C/CN3CCCCC3)nn2)C(C)(C)C)cc1. The number of carbonyl (C=O) groups is 4. The number of amides is 4. The molecule has 0 radical (unpaired) electrons. The topological polar surface area (TPSA) is 222 Å².